The van der Waals surface area contributed by atoms with Gasteiger partial charge in [-0.2, -0.15) is 0 Å². The Labute approximate surface area is 74.4 Å². The Hall–Kier alpha value is -1.29. The molecule has 1 unspecified atom stereocenters. The average molecular weight is 185 g/mol. The molecule has 0 heterocycles. The quantitative estimate of drug-likeness (QED) is 0.709. The molecule has 0 aromatic heterocycles. The van der Waals surface area contributed by atoms with Crippen LogP contribution in [0.15, 0.2) is 18.2 Å². The highest BCUT2D eigenvalue weighted by Crippen LogP contribution is 2.09. The van der Waals surface area contributed by atoms with Crippen LogP contribution in [0.1, 0.15) is 17.3 Å². The first-order valence-corrected chi connectivity index (χ1v) is 3.76. The molecule has 13 heavy (non-hydrogen) atoms. The predicted molar refractivity (Wildman–Crippen MR) is 44.3 cm³/mol. The van der Waals surface area contributed by atoms with Gasteiger partial charge in [-0.05, 0) is 19.1 Å². The number of ketones is 1. The molecule has 0 saturated carbocycles. The lowest BCUT2D eigenvalue weighted by molar-refractivity contribution is 0.0967. The third kappa shape index (κ3) is 2.32. The van der Waals surface area contributed by atoms with E-state index in [4.69, 9.17) is 5.73 Å². The summed E-state index contributed by atoms with van der Waals surface area (Å²) in [5.74, 6) is -2.02. The Bertz CT molecular complexity index is 316. The molecule has 0 aliphatic heterocycles. The fourth-order valence-electron chi connectivity index (χ4n) is 0.959. The summed E-state index contributed by atoms with van der Waals surface area (Å²) in [5.41, 5.74) is 5.24. The zero-order valence-corrected chi connectivity index (χ0v) is 7.05. The summed E-state index contributed by atoms with van der Waals surface area (Å²) in [5, 5.41) is 0. The normalized spacial score (nSPS) is 12.6. The highest BCUT2D eigenvalue weighted by molar-refractivity contribution is 5.99. The van der Waals surface area contributed by atoms with Gasteiger partial charge >= 0.3 is 0 Å². The maximum absolute atomic E-state index is 12.6. The van der Waals surface area contributed by atoms with E-state index < -0.39 is 23.5 Å². The number of carbonyl (C=O) groups is 1. The monoisotopic (exact) mass is 185 g/mol. The van der Waals surface area contributed by atoms with Gasteiger partial charge in [-0.1, -0.05) is 0 Å². The van der Waals surface area contributed by atoms with Crippen molar-refractivity contribution < 1.29 is 13.6 Å². The van der Waals surface area contributed by atoms with Crippen LogP contribution in [0.25, 0.3) is 0 Å². The van der Waals surface area contributed by atoms with Crippen molar-refractivity contribution >= 4 is 5.78 Å². The maximum atomic E-state index is 12.6. The van der Waals surface area contributed by atoms with Gasteiger partial charge in [0.25, 0.3) is 0 Å². The molecule has 0 spiro atoms. The van der Waals surface area contributed by atoms with E-state index in [9.17, 15) is 13.6 Å². The number of benzene rings is 1. The van der Waals surface area contributed by atoms with Gasteiger partial charge in [0.15, 0.2) is 5.78 Å². The van der Waals surface area contributed by atoms with Crippen LogP contribution in [0, 0.1) is 11.6 Å². The molecule has 70 valence electrons. The van der Waals surface area contributed by atoms with Gasteiger partial charge in [-0.3, -0.25) is 4.79 Å². The second kappa shape index (κ2) is 3.62. The Balaban J connectivity index is 3.08. The molecule has 0 fully saturated rings. The van der Waals surface area contributed by atoms with Crippen LogP contribution in [0.5, 0.6) is 0 Å². The van der Waals surface area contributed by atoms with Crippen molar-refractivity contribution in [1.29, 1.82) is 0 Å². The minimum absolute atomic E-state index is 0.0347. The molecule has 1 aromatic carbocycles. The molecule has 0 amide bonds. The average Bonchev–Trinajstić information content (AvgIpc) is 2.01. The van der Waals surface area contributed by atoms with Gasteiger partial charge in [0, 0.05) is 11.6 Å². The lowest BCUT2D eigenvalue weighted by atomic mass is 10.1. The van der Waals surface area contributed by atoms with Crippen molar-refractivity contribution in [3.8, 4) is 0 Å². The van der Waals surface area contributed by atoms with E-state index in [1.165, 1.54) is 6.92 Å². The molecule has 4 heteroatoms. The molecule has 1 aromatic rings. The summed E-state index contributed by atoms with van der Waals surface area (Å²) in [6.07, 6.45) is 0. The lowest BCUT2D eigenvalue weighted by Gasteiger charge is -2.03. The Morgan fingerprint density at radius 3 is 2.15 bits per heavy atom. The van der Waals surface area contributed by atoms with Crippen molar-refractivity contribution in [3.63, 3.8) is 0 Å². The smallest absolute Gasteiger partial charge is 0.179 e. The first kappa shape index (κ1) is 9.80. The fourth-order valence-corrected chi connectivity index (χ4v) is 0.959. The van der Waals surface area contributed by atoms with Crippen molar-refractivity contribution in [2.24, 2.45) is 5.73 Å². The number of nitrogens with two attached hydrogens (primary N) is 1. The lowest BCUT2D eigenvalue weighted by Crippen LogP contribution is -2.26. The third-order valence-electron chi connectivity index (χ3n) is 1.56. The molecular formula is C9H9F2NO. The number of Topliss-reactive ketones (excluding diaryl/α,β-unsaturated/α-hetero) is 1. The largest absolute Gasteiger partial charge is 0.321 e. The molecule has 1 atom stereocenters. The van der Waals surface area contributed by atoms with E-state index in [-0.39, 0.29) is 5.56 Å². The Kier molecular flexibility index (Phi) is 2.72. The zero-order chi connectivity index (χ0) is 10.0. The SMILES string of the molecule is CC(N)C(=O)c1cc(F)cc(F)c1. The molecule has 2 nitrogen and oxygen atoms in total. The van der Waals surface area contributed by atoms with Gasteiger partial charge in [0.2, 0.25) is 0 Å². The van der Waals surface area contributed by atoms with Crippen LogP contribution in [0.3, 0.4) is 0 Å². The molecule has 0 aliphatic carbocycles. The topological polar surface area (TPSA) is 43.1 Å². The van der Waals surface area contributed by atoms with Gasteiger partial charge in [-0.15, -0.1) is 0 Å². The predicted octanol–water partition coefficient (Wildman–Crippen LogP) is 1.49. The summed E-state index contributed by atoms with van der Waals surface area (Å²) in [7, 11) is 0. The summed E-state index contributed by atoms with van der Waals surface area (Å²) in [4.78, 5) is 11.2. The Morgan fingerprint density at radius 2 is 1.77 bits per heavy atom. The molecule has 1 rings (SSSR count). The van der Waals surface area contributed by atoms with E-state index in [0.29, 0.717) is 6.07 Å². The van der Waals surface area contributed by atoms with Gasteiger partial charge < -0.3 is 5.73 Å². The molecule has 2 N–H and O–H groups in total. The highest BCUT2D eigenvalue weighted by Gasteiger charge is 2.12. The summed E-state index contributed by atoms with van der Waals surface area (Å²) < 4.78 is 25.2. The molecular weight excluding hydrogens is 176 g/mol. The minimum atomic E-state index is -0.774. The van der Waals surface area contributed by atoms with E-state index >= 15 is 0 Å². The van der Waals surface area contributed by atoms with Crippen LogP contribution in [0.2, 0.25) is 0 Å². The molecule has 0 radical (unpaired) electrons. The van der Waals surface area contributed by atoms with Crippen molar-refractivity contribution in [1.82, 2.24) is 0 Å². The van der Waals surface area contributed by atoms with Crippen LogP contribution in [-0.2, 0) is 0 Å². The standard InChI is InChI=1S/C9H9F2NO/c1-5(12)9(13)6-2-7(10)4-8(11)3-6/h2-5H,12H2,1H3. The van der Waals surface area contributed by atoms with Gasteiger partial charge in [-0.25, -0.2) is 8.78 Å². The van der Waals surface area contributed by atoms with Gasteiger partial charge in [0.05, 0.1) is 6.04 Å². The fraction of sp³-hybridized carbons (Fsp3) is 0.222. The van der Waals surface area contributed by atoms with Crippen LogP contribution in [-0.4, -0.2) is 11.8 Å². The summed E-state index contributed by atoms with van der Waals surface area (Å²) in [6.45, 7) is 1.46. The number of rotatable bonds is 2. The van der Waals surface area contributed by atoms with E-state index in [1.54, 1.807) is 0 Å². The minimum Gasteiger partial charge on any atom is -0.321 e. The van der Waals surface area contributed by atoms with E-state index in [1.807, 2.05) is 0 Å². The van der Waals surface area contributed by atoms with E-state index in [2.05, 4.69) is 0 Å². The van der Waals surface area contributed by atoms with E-state index in [0.717, 1.165) is 12.1 Å². The maximum Gasteiger partial charge on any atom is 0.179 e. The number of carbonyl (C=O) groups excluding carboxylic acids is 1. The summed E-state index contributed by atoms with van der Waals surface area (Å²) >= 11 is 0. The second-order valence-electron chi connectivity index (χ2n) is 2.81. The van der Waals surface area contributed by atoms with Crippen LogP contribution in [0.4, 0.5) is 8.78 Å². The van der Waals surface area contributed by atoms with Gasteiger partial charge in [0.1, 0.15) is 11.6 Å². The molecule has 0 bridgehead atoms. The van der Waals surface area contributed by atoms with Crippen LogP contribution >= 0.6 is 0 Å². The first-order valence-electron chi connectivity index (χ1n) is 3.76. The highest BCUT2D eigenvalue weighted by atomic mass is 19.1. The Morgan fingerprint density at radius 1 is 1.31 bits per heavy atom. The van der Waals surface area contributed by atoms with Crippen LogP contribution < -0.4 is 5.73 Å². The molecule has 0 aliphatic rings. The third-order valence-corrected chi connectivity index (χ3v) is 1.56. The van der Waals surface area contributed by atoms with Crippen molar-refractivity contribution in [3.05, 3.63) is 35.4 Å². The number of hydrogen-bond donors (Lipinski definition) is 1. The number of halogens is 2. The van der Waals surface area contributed by atoms with Crippen molar-refractivity contribution in [2.45, 2.75) is 13.0 Å². The first-order chi connectivity index (χ1) is 6.00. The zero-order valence-electron chi connectivity index (χ0n) is 7.05. The summed E-state index contributed by atoms with van der Waals surface area (Å²) in [6, 6.07) is 1.89. The second-order valence-corrected chi connectivity index (χ2v) is 2.81. The molecule has 0 saturated heterocycles. The number of hydrogen-bond acceptors (Lipinski definition) is 2. The van der Waals surface area contributed by atoms with Crippen molar-refractivity contribution in [2.75, 3.05) is 0 Å².